The number of nitrogen functional groups attached to an aromatic ring is 1. The first kappa shape index (κ1) is 11.3. The van der Waals surface area contributed by atoms with Crippen LogP contribution in [0.2, 0.25) is 5.15 Å². The maximum Gasteiger partial charge on any atom is 0.278 e. The van der Waals surface area contributed by atoms with E-state index in [4.69, 9.17) is 17.3 Å². The van der Waals surface area contributed by atoms with E-state index in [1.54, 1.807) is 0 Å². The molecule has 2 aromatic rings. The molecule has 0 fully saturated rings. The Morgan fingerprint density at radius 2 is 2.22 bits per heavy atom. The molecular weight excluding hydrogens is 250 g/mol. The van der Waals surface area contributed by atoms with E-state index < -0.39 is 0 Å². The van der Waals surface area contributed by atoms with Gasteiger partial charge in [-0.15, -0.1) is 0 Å². The van der Waals surface area contributed by atoms with Crippen LogP contribution in [0.25, 0.3) is 0 Å². The molecule has 18 heavy (non-hydrogen) atoms. The molecule has 1 unspecified atom stereocenters. The largest absolute Gasteiger partial charge is 0.392 e. The summed E-state index contributed by atoms with van der Waals surface area (Å²) in [6.07, 6.45) is 2.45. The third-order valence-electron chi connectivity index (χ3n) is 3.40. The lowest BCUT2D eigenvalue weighted by Crippen LogP contribution is -2.30. The zero-order valence-electron chi connectivity index (χ0n) is 9.64. The van der Waals surface area contributed by atoms with Crippen LogP contribution in [0.5, 0.6) is 0 Å². The SMILES string of the molecule is Nc1c(Cl)ncn(CC2Cc3ccccc32)c1=O. The van der Waals surface area contributed by atoms with E-state index in [0.29, 0.717) is 12.5 Å². The van der Waals surface area contributed by atoms with E-state index in [-0.39, 0.29) is 16.4 Å². The van der Waals surface area contributed by atoms with Gasteiger partial charge in [-0.1, -0.05) is 35.9 Å². The molecule has 1 aliphatic rings. The third kappa shape index (κ3) is 1.69. The highest BCUT2D eigenvalue weighted by Crippen LogP contribution is 2.35. The first-order valence-corrected chi connectivity index (χ1v) is 6.13. The predicted octanol–water partition coefficient (Wildman–Crippen LogP) is 1.82. The van der Waals surface area contributed by atoms with Gasteiger partial charge in [-0.3, -0.25) is 9.36 Å². The van der Waals surface area contributed by atoms with Gasteiger partial charge in [0.1, 0.15) is 5.69 Å². The molecule has 3 rings (SSSR count). The Morgan fingerprint density at radius 3 is 3.00 bits per heavy atom. The van der Waals surface area contributed by atoms with Crippen molar-refractivity contribution in [2.45, 2.75) is 18.9 Å². The molecule has 1 aromatic carbocycles. The summed E-state index contributed by atoms with van der Waals surface area (Å²) < 4.78 is 1.53. The molecule has 92 valence electrons. The number of nitrogens with zero attached hydrogens (tertiary/aromatic N) is 2. The number of nitrogens with two attached hydrogens (primary N) is 1. The van der Waals surface area contributed by atoms with Crippen molar-refractivity contribution in [1.29, 1.82) is 0 Å². The fourth-order valence-corrected chi connectivity index (χ4v) is 2.50. The fraction of sp³-hybridized carbons (Fsp3) is 0.231. The molecule has 0 saturated carbocycles. The molecule has 0 amide bonds. The number of aromatic nitrogens is 2. The van der Waals surface area contributed by atoms with Gasteiger partial charge in [-0.25, -0.2) is 4.98 Å². The van der Waals surface area contributed by atoms with Gasteiger partial charge in [-0.2, -0.15) is 0 Å². The standard InChI is InChI=1S/C13H12ClN3O/c14-12-11(15)13(18)17(7-16-12)6-9-5-8-3-1-2-4-10(8)9/h1-4,7,9H,5-6,15H2. The first-order valence-electron chi connectivity index (χ1n) is 5.75. The molecule has 4 nitrogen and oxygen atoms in total. The monoisotopic (exact) mass is 261 g/mol. The van der Waals surface area contributed by atoms with Crippen LogP contribution >= 0.6 is 11.6 Å². The Morgan fingerprint density at radius 1 is 1.44 bits per heavy atom. The van der Waals surface area contributed by atoms with E-state index in [2.05, 4.69) is 17.1 Å². The number of hydrogen-bond donors (Lipinski definition) is 1. The highest BCUT2D eigenvalue weighted by molar-refractivity contribution is 6.31. The number of anilines is 1. The van der Waals surface area contributed by atoms with Gasteiger partial charge in [0.25, 0.3) is 5.56 Å². The van der Waals surface area contributed by atoms with Gasteiger partial charge in [0.05, 0.1) is 6.33 Å². The van der Waals surface area contributed by atoms with Gasteiger partial charge in [0.2, 0.25) is 0 Å². The highest BCUT2D eigenvalue weighted by atomic mass is 35.5. The van der Waals surface area contributed by atoms with Crippen LogP contribution < -0.4 is 11.3 Å². The summed E-state index contributed by atoms with van der Waals surface area (Å²) in [5.74, 6) is 0.362. The number of halogens is 1. The molecule has 5 heteroatoms. The van der Waals surface area contributed by atoms with Crippen LogP contribution in [-0.2, 0) is 13.0 Å². The molecule has 2 N–H and O–H groups in total. The summed E-state index contributed by atoms with van der Waals surface area (Å²) in [6.45, 7) is 0.601. The molecule has 1 aromatic heterocycles. The minimum absolute atomic E-state index is 0.0202. The molecule has 0 aliphatic heterocycles. The average molecular weight is 262 g/mol. The average Bonchev–Trinajstić information content (AvgIpc) is 2.35. The Bertz CT molecular complexity index is 666. The van der Waals surface area contributed by atoms with Gasteiger partial charge in [0.15, 0.2) is 5.15 Å². The minimum Gasteiger partial charge on any atom is -0.392 e. The molecule has 0 spiro atoms. The summed E-state index contributed by atoms with van der Waals surface area (Å²) in [7, 11) is 0. The van der Waals surface area contributed by atoms with Crippen molar-refractivity contribution in [3.8, 4) is 0 Å². The second-order valence-electron chi connectivity index (χ2n) is 4.51. The Balaban J connectivity index is 1.88. The van der Waals surface area contributed by atoms with Crippen molar-refractivity contribution in [2.75, 3.05) is 5.73 Å². The molecule has 1 aliphatic carbocycles. The molecule has 0 saturated heterocycles. The number of benzene rings is 1. The van der Waals surface area contributed by atoms with Crippen LogP contribution in [0, 0.1) is 0 Å². The zero-order valence-corrected chi connectivity index (χ0v) is 10.4. The van der Waals surface area contributed by atoms with Crippen molar-refractivity contribution < 1.29 is 0 Å². The van der Waals surface area contributed by atoms with Gasteiger partial charge < -0.3 is 5.73 Å². The number of hydrogen-bond acceptors (Lipinski definition) is 3. The lowest BCUT2D eigenvalue weighted by atomic mass is 9.77. The lowest BCUT2D eigenvalue weighted by Gasteiger charge is -2.30. The molecule has 0 bridgehead atoms. The summed E-state index contributed by atoms with van der Waals surface area (Å²) in [6, 6.07) is 8.26. The van der Waals surface area contributed by atoms with Gasteiger partial charge in [-0.05, 0) is 17.5 Å². The van der Waals surface area contributed by atoms with Gasteiger partial charge >= 0.3 is 0 Å². The summed E-state index contributed by atoms with van der Waals surface area (Å²) in [4.78, 5) is 15.8. The third-order valence-corrected chi connectivity index (χ3v) is 3.70. The molecule has 1 heterocycles. The van der Waals surface area contributed by atoms with Crippen LogP contribution in [0.1, 0.15) is 17.0 Å². The van der Waals surface area contributed by atoms with Crippen molar-refractivity contribution in [1.82, 2.24) is 9.55 Å². The van der Waals surface area contributed by atoms with E-state index >= 15 is 0 Å². The number of fused-ring (bicyclic) bond motifs is 1. The van der Waals surface area contributed by atoms with Crippen molar-refractivity contribution in [2.24, 2.45) is 0 Å². The molecular formula is C13H12ClN3O. The Kier molecular flexibility index (Phi) is 2.59. The molecule has 1 atom stereocenters. The maximum absolute atomic E-state index is 11.9. The smallest absolute Gasteiger partial charge is 0.278 e. The van der Waals surface area contributed by atoms with Crippen LogP contribution in [0.4, 0.5) is 5.69 Å². The fourth-order valence-electron chi connectivity index (χ4n) is 2.38. The summed E-state index contributed by atoms with van der Waals surface area (Å²) in [5.41, 5.74) is 8.00. The Labute approximate surface area is 109 Å². The Hall–Kier alpha value is -1.81. The summed E-state index contributed by atoms with van der Waals surface area (Å²) in [5, 5.41) is 0.0743. The van der Waals surface area contributed by atoms with Crippen LogP contribution in [0.15, 0.2) is 35.4 Å². The number of rotatable bonds is 2. The van der Waals surface area contributed by atoms with E-state index in [1.807, 2.05) is 12.1 Å². The van der Waals surface area contributed by atoms with Crippen LogP contribution in [0.3, 0.4) is 0 Å². The second kappa shape index (κ2) is 4.14. The topological polar surface area (TPSA) is 60.9 Å². The van der Waals surface area contributed by atoms with Crippen molar-refractivity contribution in [3.05, 3.63) is 57.2 Å². The zero-order chi connectivity index (χ0) is 12.7. The van der Waals surface area contributed by atoms with E-state index in [9.17, 15) is 4.79 Å². The lowest BCUT2D eigenvalue weighted by molar-refractivity contribution is 0.495. The van der Waals surface area contributed by atoms with Crippen LogP contribution in [-0.4, -0.2) is 9.55 Å². The highest BCUT2D eigenvalue weighted by Gasteiger charge is 2.26. The molecule has 0 radical (unpaired) electrons. The van der Waals surface area contributed by atoms with Crippen molar-refractivity contribution in [3.63, 3.8) is 0 Å². The van der Waals surface area contributed by atoms with E-state index in [1.165, 1.54) is 22.0 Å². The maximum atomic E-state index is 11.9. The van der Waals surface area contributed by atoms with Crippen molar-refractivity contribution >= 4 is 17.3 Å². The predicted molar refractivity (Wildman–Crippen MR) is 70.8 cm³/mol. The second-order valence-corrected chi connectivity index (χ2v) is 4.86. The van der Waals surface area contributed by atoms with E-state index in [0.717, 1.165) is 6.42 Å². The summed E-state index contributed by atoms with van der Waals surface area (Å²) >= 11 is 5.70. The normalized spacial score (nSPS) is 17.1. The minimum atomic E-state index is -0.264. The first-order chi connectivity index (χ1) is 8.66. The van der Waals surface area contributed by atoms with Gasteiger partial charge in [0, 0.05) is 12.5 Å². The quantitative estimate of drug-likeness (QED) is 0.839.